The van der Waals surface area contributed by atoms with E-state index in [1.807, 2.05) is 47.0 Å². The number of carbonyl (C=O) groups is 1. The van der Waals surface area contributed by atoms with Gasteiger partial charge in [0.1, 0.15) is 5.82 Å². The zero-order valence-corrected chi connectivity index (χ0v) is 15.5. The Hall–Kier alpha value is -2.40. The average molecular weight is 370 g/mol. The van der Waals surface area contributed by atoms with E-state index in [0.717, 1.165) is 25.1 Å². The molecule has 26 heavy (non-hydrogen) atoms. The Labute approximate surface area is 156 Å². The molecule has 0 amide bonds. The first-order valence-corrected chi connectivity index (χ1v) is 9.08. The first kappa shape index (κ1) is 17.0. The molecule has 5 nitrogen and oxygen atoms in total. The summed E-state index contributed by atoms with van der Waals surface area (Å²) in [4.78, 5) is 11.7. The van der Waals surface area contributed by atoms with E-state index in [4.69, 9.17) is 11.6 Å². The van der Waals surface area contributed by atoms with E-state index in [0.29, 0.717) is 16.2 Å². The molecular formula is C20H20ClN3O2. The van der Waals surface area contributed by atoms with Gasteiger partial charge in [0.05, 0.1) is 10.8 Å². The van der Waals surface area contributed by atoms with Crippen LogP contribution in [0.3, 0.4) is 0 Å². The number of benzene rings is 1. The zero-order valence-electron chi connectivity index (χ0n) is 14.7. The summed E-state index contributed by atoms with van der Waals surface area (Å²) in [5.41, 5.74) is 1.20. The topological polar surface area (TPSA) is 67.5 Å². The number of halogens is 1. The maximum absolute atomic E-state index is 11.7. The van der Waals surface area contributed by atoms with Crippen LogP contribution in [0.25, 0.3) is 5.65 Å². The van der Waals surface area contributed by atoms with Gasteiger partial charge in [0.25, 0.3) is 0 Å². The highest BCUT2D eigenvalue weighted by atomic mass is 35.5. The van der Waals surface area contributed by atoms with Gasteiger partial charge >= 0.3 is 5.97 Å². The first-order chi connectivity index (χ1) is 12.4. The van der Waals surface area contributed by atoms with E-state index in [9.17, 15) is 9.90 Å². The highest BCUT2D eigenvalue weighted by Crippen LogP contribution is 2.48. The second-order valence-electron chi connectivity index (χ2n) is 7.51. The SMILES string of the molecule is CC(C)(C(=O)O)c1cccn2c(C3(c4ccc(Cl)cc4)CCC3)nnc12. The third-order valence-corrected chi connectivity index (χ3v) is 5.93. The number of fused-ring (bicyclic) bond motifs is 1. The Morgan fingerprint density at radius 3 is 2.46 bits per heavy atom. The second kappa shape index (κ2) is 5.81. The Bertz CT molecular complexity index is 988. The van der Waals surface area contributed by atoms with Gasteiger partial charge in [-0.05, 0) is 50.5 Å². The van der Waals surface area contributed by atoms with Gasteiger partial charge in [0.15, 0.2) is 5.65 Å². The van der Waals surface area contributed by atoms with Crippen LogP contribution in [0.5, 0.6) is 0 Å². The molecule has 1 N–H and O–H groups in total. The van der Waals surface area contributed by atoms with Gasteiger partial charge in [-0.2, -0.15) is 0 Å². The molecule has 0 unspecified atom stereocenters. The van der Waals surface area contributed by atoms with Crippen LogP contribution in [-0.2, 0) is 15.6 Å². The highest BCUT2D eigenvalue weighted by Gasteiger charge is 2.44. The van der Waals surface area contributed by atoms with E-state index in [-0.39, 0.29) is 5.41 Å². The number of nitrogens with zero attached hydrogens (tertiary/aromatic N) is 3. The van der Waals surface area contributed by atoms with Crippen LogP contribution in [0.15, 0.2) is 42.6 Å². The van der Waals surface area contributed by atoms with Crippen molar-refractivity contribution in [1.29, 1.82) is 0 Å². The monoisotopic (exact) mass is 369 g/mol. The molecule has 2 heterocycles. The van der Waals surface area contributed by atoms with Gasteiger partial charge in [-0.1, -0.05) is 36.2 Å². The zero-order chi connectivity index (χ0) is 18.5. The Morgan fingerprint density at radius 1 is 1.19 bits per heavy atom. The van der Waals surface area contributed by atoms with Gasteiger partial charge < -0.3 is 5.11 Å². The maximum atomic E-state index is 11.7. The minimum absolute atomic E-state index is 0.198. The summed E-state index contributed by atoms with van der Waals surface area (Å²) in [5, 5.41) is 19.2. The molecule has 2 aromatic heterocycles. The molecule has 1 aliphatic rings. The first-order valence-electron chi connectivity index (χ1n) is 8.70. The second-order valence-corrected chi connectivity index (χ2v) is 7.95. The molecule has 0 spiro atoms. The van der Waals surface area contributed by atoms with E-state index >= 15 is 0 Å². The lowest BCUT2D eigenvalue weighted by Crippen LogP contribution is -2.37. The quantitative estimate of drug-likeness (QED) is 0.747. The summed E-state index contributed by atoms with van der Waals surface area (Å²) in [6, 6.07) is 11.6. The predicted molar refractivity (Wildman–Crippen MR) is 99.7 cm³/mol. The smallest absolute Gasteiger partial charge is 0.313 e. The molecular weight excluding hydrogens is 350 g/mol. The lowest BCUT2D eigenvalue weighted by molar-refractivity contribution is -0.142. The molecule has 3 aromatic rings. The standard InChI is InChI=1S/C20H20ClN3O2/c1-19(2,18(25)26)15-5-3-12-24-16(15)22-23-17(24)20(10-4-11-20)13-6-8-14(21)9-7-13/h3,5-9,12H,4,10-11H2,1-2H3,(H,25,26). The maximum Gasteiger partial charge on any atom is 0.313 e. The molecule has 0 aliphatic heterocycles. The third kappa shape index (κ3) is 2.34. The Morgan fingerprint density at radius 2 is 1.88 bits per heavy atom. The number of pyridine rings is 1. The van der Waals surface area contributed by atoms with Crippen LogP contribution in [0.1, 0.15) is 50.1 Å². The summed E-state index contributed by atoms with van der Waals surface area (Å²) in [5.74, 6) is -0.0182. The molecule has 6 heteroatoms. The molecule has 1 aromatic carbocycles. The van der Waals surface area contributed by atoms with E-state index < -0.39 is 11.4 Å². The Balaban J connectivity index is 1.90. The van der Waals surface area contributed by atoms with Crippen LogP contribution in [0.4, 0.5) is 0 Å². The minimum atomic E-state index is -1.04. The Kier molecular flexibility index (Phi) is 3.81. The van der Waals surface area contributed by atoms with E-state index in [1.165, 1.54) is 5.56 Å². The van der Waals surface area contributed by atoms with Crippen molar-refractivity contribution in [2.24, 2.45) is 0 Å². The number of carboxylic acid groups (broad SMARTS) is 1. The molecule has 0 atom stereocenters. The van der Waals surface area contributed by atoms with Crippen LogP contribution in [0, 0.1) is 0 Å². The van der Waals surface area contributed by atoms with Crippen LogP contribution < -0.4 is 0 Å². The fourth-order valence-electron chi connectivity index (χ4n) is 3.79. The summed E-state index contributed by atoms with van der Waals surface area (Å²) >= 11 is 6.05. The van der Waals surface area contributed by atoms with Crippen molar-refractivity contribution >= 4 is 23.2 Å². The van der Waals surface area contributed by atoms with Gasteiger partial charge in [-0.15, -0.1) is 10.2 Å². The number of aliphatic carboxylic acids is 1. The summed E-state index contributed by atoms with van der Waals surface area (Å²) in [7, 11) is 0. The molecule has 1 fully saturated rings. The van der Waals surface area contributed by atoms with Crippen molar-refractivity contribution < 1.29 is 9.90 Å². The molecule has 0 radical (unpaired) electrons. The number of carboxylic acids is 1. The third-order valence-electron chi connectivity index (χ3n) is 5.67. The van der Waals surface area contributed by atoms with Crippen molar-refractivity contribution in [2.45, 2.75) is 43.9 Å². The molecule has 4 rings (SSSR count). The predicted octanol–water partition coefficient (Wildman–Crippen LogP) is 4.21. The molecule has 0 bridgehead atoms. The van der Waals surface area contributed by atoms with E-state index in [1.54, 1.807) is 13.8 Å². The molecule has 1 aliphatic carbocycles. The van der Waals surface area contributed by atoms with Crippen molar-refractivity contribution in [1.82, 2.24) is 14.6 Å². The largest absolute Gasteiger partial charge is 0.481 e. The number of hydrogen-bond donors (Lipinski definition) is 1. The molecule has 0 saturated heterocycles. The molecule has 134 valence electrons. The molecule has 1 saturated carbocycles. The van der Waals surface area contributed by atoms with Crippen LogP contribution >= 0.6 is 11.6 Å². The minimum Gasteiger partial charge on any atom is -0.481 e. The van der Waals surface area contributed by atoms with Crippen LogP contribution in [-0.4, -0.2) is 25.7 Å². The fraction of sp³-hybridized carbons (Fsp3) is 0.350. The van der Waals surface area contributed by atoms with Crippen LogP contribution in [0.2, 0.25) is 5.02 Å². The lowest BCUT2D eigenvalue weighted by Gasteiger charge is -2.41. The number of aromatic nitrogens is 3. The normalized spacial score (nSPS) is 16.4. The summed E-state index contributed by atoms with van der Waals surface area (Å²) in [6.45, 7) is 3.38. The van der Waals surface area contributed by atoms with Gasteiger partial charge in [0, 0.05) is 16.8 Å². The van der Waals surface area contributed by atoms with Crippen molar-refractivity contribution in [3.63, 3.8) is 0 Å². The van der Waals surface area contributed by atoms with Gasteiger partial charge in [0.2, 0.25) is 0 Å². The fourth-order valence-corrected chi connectivity index (χ4v) is 3.91. The summed E-state index contributed by atoms with van der Waals surface area (Å²) < 4.78 is 1.95. The highest BCUT2D eigenvalue weighted by molar-refractivity contribution is 6.30. The average Bonchev–Trinajstić information content (AvgIpc) is 3.00. The van der Waals surface area contributed by atoms with E-state index in [2.05, 4.69) is 10.2 Å². The van der Waals surface area contributed by atoms with Crippen molar-refractivity contribution in [3.8, 4) is 0 Å². The number of rotatable bonds is 4. The number of hydrogen-bond acceptors (Lipinski definition) is 3. The summed E-state index contributed by atoms with van der Waals surface area (Å²) in [6.07, 6.45) is 5.02. The lowest BCUT2D eigenvalue weighted by atomic mass is 9.64. The van der Waals surface area contributed by atoms with Gasteiger partial charge in [-0.25, -0.2) is 0 Å². The van der Waals surface area contributed by atoms with Crippen molar-refractivity contribution in [2.75, 3.05) is 0 Å². The van der Waals surface area contributed by atoms with Crippen molar-refractivity contribution in [3.05, 3.63) is 64.6 Å². The van der Waals surface area contributed by atoms with Gasteiger partial charge in [-0.3, -0.25) is 9.20 Å².